The van der Waals surface area contributed by atoms with E-state index in [1.165, 1.54) is 0 Å². The largest absolute Gasteiger partial charge is 0.459 e. The van der Waals surface area contributed by atoms with Crippen molar-refractivity contribution in [2.24, 2.45) is 42.9 Å². The second-order valence-corrected chi connectivity index (χ2v) is 10.2. The van der Waals surface area contributed by atoms with Crippen molar-refractivity contribution in [3.63, 3.8) is 0 Å². The van der Waals surface area contributed by atoms with Crippen molar-refractivity contribution in [1.29, 1.82) is 0 Å². The predicted molar refractivity (Wildman–Crippen MR) is 176 cm³/mol. The fourth-order valence-electron chi connectivity index (χ4n) is 3.65. The van der Waals surface area contributed by atoms with E-state index in [0.717, 1.165) is 25.7 Å². The fourth-order valence-corrected chi connectivity index (χ4v) is 3.65. The molecule has 238 valence electrons. The smallest absolute Gasteiger partial charge is 0.338 e. The number of carbonyl (C=O) groups excluding carboxylic acids is 2. The molecule has 0 saturated carbocycles. The lowest BCUT2D eigenvalue weighted by Gasteiger charge is -2.10. The third kappa shape index (κ3) is 14.2. The van der Waals surface area contributed by atoms with E-state index in [1.54, 1.807) is 76.2 Å². The van der Waals surface area contributed by atoms with E-state index in [-0.39, 0.29) is 36.0 Å². The molecule has 14 nitrogen and oxygen atoms in total. The third-order valence-electron chi connectivity index (χ3n) is 5.51. The number of nitrogens with two attached hydrogens (primary N) is 4. The minimum atomic E-state index is -0.423. The van der Waals surface area contributed by atoms with E-state index in [2.05, 4.69) is 30.6 Å². The number of aliphatic imine (C=N–C) groups is 4. The molecule has 0 saturated heterocycles. The summed E-state index contributed by atoms with van der Waals surface area (Å²) < 4.78 is 10.4. The zero-order valence-corrected chi connectivity index (χ0v) is 25.7. The zero-order valence-electron chi connectivity index (χ0n) is 25.7. The Morgan fingerprint density at radius 3 is 1.41 bits per heavy atom. The van der Waals surface area contributed by atoms with Crippen LogP contribution in [0.5, 0.6) is 0 Å². The SMILES string of the molecule is CC(C)OC(=O)c1cccc(NC(N)=NC(N)=NCCCCCCN=C(N)N=C(N)Nc2cccc(C(=O)OC(C)C)c2)c1. The number of esters is 2. The van der Waals surface area contributed by atoms with Crippen molar-refractivity contribution in [3.8, 4) is 0 Å². The minimum Gasteiger partial charge on any atom is -0.459 e. The molecule has 0 radical (unpaired) electrons. The van der Waals surface area contributed by atoms with Crippen molar-refractivity contribution >= 4 is 47.2 Å². The van der Waals surface area contributed by atoms with Gasteiger partial charge in [0, 0.05) is 24.5 Å². The van der Waals surface area contributed by atoms with Crippen LogP contribution in [0.15, 0.2) is 68.5 Å². The summed E-state index contributed by atoms with van der Waals surface area (Å²) in [5, 5.41) is 5.78. The number of ether oxygens (including phenoxy) is 2. The van der Waals surface area contributed by atoms with Crippen LogP contribution < -0.4 is 33.6 Å². The first-order chi connectivity index (χ1) is 20.9. The van der Waals surface area contributed by atoms with E-state index >= 15 is 0 Å². The Morgan fingerprint density at radius 1 is 0.659 bits per heavy atom. The highest BCUT2D eigenvalue weighted by atomic mass is 16.5. The summed E-state index contributed by atoms with van der Waals surface area (Å²) in [6.45, 7) is 8.12. The fraction of sp³-hybridized carbons (Fsp3) is 0.400. The van der Waals surface area contributed by atoms with Crippen LogP contribution in [0.3, 0.4) is 0 Å². The predicted octanol–water partition coefficient (Wildman–Crippen LogP) is 3.16. The molecule has 2 rings (SSSR count). The van der Waals surface area contributed by atoms with E-state index in [1.807, 2.05) is 0 Å². The van der Waals surface area contributed by atoms with Gasteiger partial charge in [-0.2, -0.15) is 9.98 Å². The normalized spacial score (nSPS) is 12.8. The van der Waals surface area contributed by atoms with Crippen LogP contribution in [0, 0.1) is 0 Å². The van der Waals surface area contributed by atoms with Crippen LogP contribution in [0.1, 0.15) is 74.1 Å². The van der Waals surface area contributed by atoms with Crippen LogP contribution in [0.4, 0.5) is 11.4 Å². The zero-order chi connectivity index (χ0) is 32.5. The van der Waals surface area contributed by atoms with Gasteiger partial charge in [-0.25, -0.2) is 9.59 Å². The van der Waals surface area contributed by atoms with Crippen molar-refractivity contribution in [3.05, 3.63) is 59.7 Å². The lowest BCUT2D eigenvalue weighted by molar-refractivity contribution is 0.0367. The third-order valence-corrected chi connectivity index (χ3v) is 5.51. The van der Waals surface area contributed by atoms with Gasteiger partial charge >= 0.3 is 11.9 Å². The van der Waals surface area contributed by atoms with Crippen molar-refractivity contribution in [2.45, 2.75) is 65.6 Å². The highest BCUT2D eigenvalue weighted by Crippen LogP contribution is 2.13. The molecule has 0 aliphatic rings. The molecule has 44 heavy (non-hydrogen) atoms. The maximum atomic E-state index is 12.1. The van der Waals surface area contributed by atoms with E-state index in [0.29, 0.717) is 35.6 Å². The Labute approximate surface area is 258 Å². The maximum absolute atomic E-state index is 12.1. The Balaban J connectivity index is 1.70. The van der Waals surface area contributed by atoms with E-state index in [4.69, 9.17) is 32.4 Å². The van der Waals surface area contributed by atoms with Gasteiger partial charge in [0.2, 0.25) is 23.8 Å². The quantitative estimate of drug-likeness (QED) is 0.0841. The van der Waals surface area contributed by atoms with Gasteiger partial charge in [-0.1, -0.05) is 25.0 Å². The highest BCUT2D eigenvalue weighted by Gasteiger charge is 2.11. The van der Waals surface area contributed by atoms with E-state index < -0.39 is 11.9 Å². The summed E-state index contributed by atoms with van der Waals surface area (Å²) in [7, 11) is 0. The average Bonchev–Trinajstić information content (AvgIpc) is 2.93. The molecule has 0 spiro atoms. The number of nitrogens with zero attached hydrogens (tertiary/aromatic N) is 4. The molecule has 10 N–H and O–H groups in total. The minimum absolute atomic E-state index is 0.0500. The van der Waals surface area contributed by atoms with Crippen LogP contribution in [-0.2, 0) is 9.47 Å². The number of hydrogen-bond acceptors (Lipinski definition) is 6. The van der Waals surface area contributed by atoms with Crippen molar-refractivity contribution in [1.82, 2.24) is 0 Å². The van der Waals surface area contributed by atoms with Gasteiger partial charge in [0.25, 0.3) is 0 Å². The first-order valence-corrected chi connectivity index (χ1v) is 14.4. The molecule has 0 aliphatic carbocycles. The van der Waals surface area contributed by atoms with Crippen molar-refractivity contribution < 1.29 is 19.1 Å². The first kappa shape index (κ1) is 35.1. The summed E-state index contributed by atoms with van der Waals surface area (Å²) in [6, 6.07) is 13.4. The van der Waals surface area contributed by atoms with Crippen LogP contribution in [0.2, 0.25) is 0 Å². The number of rotatable bonds is 13. The Morgan fingerprint density at radius 2 is 1.05 bits per heavy atom. The molecule has 2 aromatic carbocycles. The van der Waals surface area contributed by atoms with Gasteiger partial charge in [-0.3, -0.25) is 9.98 Å². The van der Waals surface area contributed by atoms with Gasteiger partial charge in [-0.05, 0) is 76.9 Å². The number of carbonyl (C=O) groups is 2. The molecule has 0 unspecified atom stereocenters. The van der Waals surface area contributed by atoms with Crippen LogP contribution in [-0.4, -0.2) is 61.1 Å². The standard InChI is InChI=1S/C30H44N10O4/c1-19(2)43-25(41)21-11-9-13-23(17-21)37-29(33)39-27(31)35-15-7-5-6-8-16-36-28(32)40-30(34)38-24-14-10-12-22(18-24)26(42)44-20(3)4/h9-14,17-20H,5-8,15-16H2,1-4H3,(H5,31,33,35,37,39)(H5,32,34,36,38,40). The monoisotopic (exact) mass is 608 g/mol. The summed E-state index contributed by atoms with van der Waals surface area (Å²) in [6.07, 6.45) is 2.99. The summed E-state index contributed by atoms with van der Waals surface area (Å²) >= 11 is 0. The van der Waals surface area contributed by atoms with Gasteiger partial charge in [0.05, 0.1) is 23.3 Å². The molecule has 0 amide bonds. The highest BCUT2D eigenvalue weighted by molar-refractivity contribution is 6.02. The first-order valence-electron chi connectivity index (χ1n) is 14.4. The van der Waals surface area contributed by atoms with Crippen LogP contribution in [0.25, 0.3) is 0 Å². The summed E-state index contributed by atoms with van der Waals surface area (Å²) in [5.41, 5.74) is 25.5. The molecular formula is C30H44N10O4. The summed E-state index contributed by atoms with van der Waals surface area (Å²) in [5.74, 6) is -0.646. The molecule has 0 heterocycles. The lowest BCUT2D eigenvalue weighted by atomic mass is 10.2. The van der Waals surface area contributed by atoms with Gasteiger partial charge < -0.3 is 43.0 Å². The molecule has 0 fully saturated rings. The maximum Gasteiger partial charge on any atom is 0.338 e. The molecule has 0 aromatic heterocycles. The topological polar surface area (TPSA) is 230 Å². The van der Waals surface area contributed by atoms with Crippen LogP contribution >= 0.6 is 0 Å². The number of nitrogens with one attached hydrogen (secondary N) is 2. The molecule has 0 aliphatic heterocycles. The van der Waals surface area contributed by atoms with Gasteiger partial charge in [0.1, 0.15) is 0 Å². The number of anilines is 2. The molecule has 0 atom stereocenters. The number of unbranched alkanes of at least 4 members (excludes halogenated alkanes) is 3. The van der Waals surface area contributed by atoms with E-state index in [9.17, 15) is 9.59 Å². The van der Waals surface area contributed by atoms with Gasteiger partial charge in [-0.15, -0.1) is 0 Å². The summed E-state index contributed by atoms with van der Waals surface area (Å²) in [4.78, 5) is 40.7. The Kier molecular flexibility index (Phi) is 14.7. The average molecular weight is 609 g/mol. The second-order valence-electron chi connectivity index (χ2n) is 10.2. The second kappa shape index (κ2) is 18.4. The molecule has 14 heteroatoms. The molecule has 2 aromatic rings. The Hall–Kier alpha value is -5.14. The number of benzene rings is 2. The van der Waals surface area contributed by atoms with Gasteiger partial charge in [0.15, 0.2) is 0 Å². The molecular weight excluding hydrogens is 564 g/mol. The lowest BCUT2D eigenvalue weighted by Crippen LogP contribution is -2.26. The molecule has 0 bridgehead atoms. The van der Waals surface area contributed by atoms with Crippen molar-refractivity contribution in [2.75, 3.05) is 23.7 Å². The number of hydrogen-bond donors (Lipinski definition) is 6. The number of guanidine groups is 4. The Bertz CT molecular complexity index is 1270.